The van der Waals surface area contributed by atoms with Gasteiger partial charge in [0.25, 0.3) is 5.91 Å². The molecular weight excluding hydrogens is 358 g/mol. The lowest BCUT2D eigenvalue weighted by molar-refractivity contribution is -0.142. The fourth-order valence-electron chi connectivity index (χ4n) is 4.03. The summed E-state index contributed by atoms with van der Waals surface area (Å²) in [5.41, 5.74) is 6.16. The van der Waals surface area contributed by atoms with E-state index >= 15 is 0 Å². The lowest BCUT2D eigenvalue weighted by atomic mass is 9.81. The molecular formula is C20H33N5O3. The number of aromatic nitrogens is 1. The molecule has 28 heavy (non-hydrogen) atoms. The zero-order valence-electron chi connectivity index (χ0n) is 16.7. The maximum atomic E-state index is 11.8. The Hall–Kier alpha value is -2.06. The zero-order valence-corrected chi connectivity index (χ0v) is 16.7. The number of piperidine rings is 1. The van der Waals surface area contributed by atoms with Crippen LogP contribution >= 0.6 is 0 Å². The number of hydrogen-bond acceptors (Lipinski definition) is 7. The SMILES string of the molecule is CNC(=O)C1(O)CCC(Nc2cc(OCCN3CCCCC3)ncc2N)CC1. The average Bonchev–Trinajstić information content (AvgIpc) is 2.72. The van der Waals surface area contributed by atoms with E-state index in [4.69, 9.17) is 10.5 Å². The number of carbonyl (C=O) groups is 1. The van der Waals surface area contributed by atoms with Crippen molar-refractivity contribution in [1.29, 1.82) is 0 Å². The van der Waals surface area contributed by atoms with Crippen LogP contribution in [0.1, 0.15) is 44.9 Å². The molecule has 0 aromatic carbocycles. The lowest BCUT2D eigenvalue weighted by Crippen LogP contribution is -2.49. The van der Waals surface area contributed by atoms with E-state index in [2.05, 4.69) is 20.5 Å². The normalized spacial score (nSPS) is 25.9. The van der Waals surface area contributed by atoms with Crippen molar-refractivity contribution in [3.63, 3.8) is 0 Å². The maximum absolute atomic E-state index is 11.8. The smallest absolute Gasteiger partial charge is 0.251 e. The van der Waals surface area contributed by atoms with Crippen LogP contribution < -0.4 is 21.1 Å². The van der Waals surface area contributed by atoms with Gasteiger partial charge >= 0.3 is 0 Å². The van der Waals surface area contributed by atoms with Crippen LogP contribution in [-0.2, 0) is 4.79 Å². The first-order chi connectivity index (χ1) is 13.5. The first kappa shape index (κ1) is 20.7. The van der Waals surface area contributed by atoms with Crippen LogP contribution in [0.2, 0.25) is 0 Å². The zero-order chi connectivity index (χ0) is 20.0. The van der Waals surface area contributed by atoms with E-state index < -0.39 is 5.60 Å². The van der Waals surface area contributed by atoms with Gasteiger partial charge in [-0.25, -0.2) is 4.98 Å². The number of nitrogens with zero attached hydrogens (tertiary/aromatic N) is 2. The van der Waals surface area contributed by atoms with Crippen molar-refractivity contribution in [3.05, 3.63) is 12.3 Å². The highest BCUT2D eigenvalue weighted by atomic mass is 16.5. The van der Waals surface area contributed by atoms with E-state index in [1.165, 1.54) is 19.3 Å². The van der Waals surface area contributed by atoms with E-state index in [9.17, 15) is 9.90 Å². The number of nitrogen functional groups attached to an aromatic ring is 1. The van der Waals surface area contributed by atoms with Gasteiger partial charge in [-0.3, -0.25) is 9.69 Å². The summed E-state index contributed by atoms with van der Waals surface area (Å²) in [6.45, 7) is 3.82. The summed E-state index contributed by atoms with van der Waals surface area (Å²) >= 11 is 0. The predicted octanol–water partition coefficient (Wildman–Crippen LogP) is 1.36. The molecule has 1 aliphatic carbocycles. The molecule has 0 atom stereocenters. The Morgan fingerprint density at radius 3 is 2.75 bits per heavy atom. The summed E-state index contributed by atoms with van der Waals surface area (Å²) in [5, 5.41) is 16.4. The molecule has 1 aromatic heterocycles. The second-order valence-electron chi connectivity index (χ2n) is 7.89. The van der Waals surface area contributed by atoms with Gasteiger partial charge in [-0.05, 0) is 51.6 Å². The van der Waals surface area contributed by atoms with Gasteiger partial charge in [-0.15, -0.1) is 0 Å². The van der Waals surface area contributed by atoms with Crippen molar-refractivity contribution in [3.8, 4) is 5.88 Å². The quantitative estimate of drug-likeness (QED) is 0.555. The highest BCUT2D eigenvalue weighted by Crippen LogP contribution is 2.32. The highest BCUT2D eigenvalue weighted by molar-refractivity contribution is 5.84. The molecule has 1 saturated heterocycles. The molecule has 3 rings (SSSR count). The third-order valence-electron chi connectivity index (χ3n) is 5.84. The number of carbonyl (C=O) groups excluding carboxylic acids is 1. The number of nitrogens with two attached hydrogens (primary N) is 1. The molecule has 1 amide bonds. The van der Waals surface area contributed by atoms with Crippen LogP contribution in [0, 0.1) is 0 Å². The molecule has 2 aliphatic rings. The summed E-state index contributed by atoms with van der Waals surface area (Å²) in [6, 6.07) is 1.99. The third-order valence-corrected chi connectivity index (χ3v) is 5.84. The van der Waals surface area contributed by atoms with E-state index in [0.29, 0.717) is 43.9 Å². The van der Waals surface area contributed by atoms with Gasteiger partial charge in [-0.2, -0.15) is 0 Å². The highest BCUT2D eigenvalue weighted by Gasteiger charge is 2.39. The Bertz CT molecular complexity index is 655. The number of rotatable bonds is 7. The first-order valence-electron chi connectivity index (χ1n) is 10.3. The number of amides is 1. The average molecular weight is 392 g/mol. The first-order valence-corrected chi connectivity index (χ1v) is 10.3. The van der Waals surface area contributed by atoms with Crippen molar-refractivity contribution in [2.75, 3.05) is 44.3 Å². The Kier molecular flexibility index (Phi) is 6.96. The monoisotopic (exact) mass is 391 g/mol. The lowest BCUT2D eigenvalue weighted by Gasteiger charge is -2.35. The fraction of sp³-hybridized carbons (Fsp3) is 0.700. The molecule has 0 spiro atoms. The molecule has 8 heteroatoms. The number of likely N-dealkylation sites (N-methyl/N-ethyl adjacent to an activating group) is 1. The number of likely N-dealkylation sites (tertiary alicyclic amines) is 1. The standard InChI is InChI=1S/C20H33N5O3/c1-22-19(26)20(27)7-5-15(6-8-20)24-17-13-18(23-14-16(17)21)28-12-11-25-9-3-2-4-10-25/h13-15,27H,2-12,21H2,1H3,(H,22,26)(H,23,24). The molecule has 8 nitrogen and oxygen atoms in total. The Labute approximate surface area is 166 Å². The maximum Gasteiger partial charge on any atom is 0.251 e. The van der Waals surface area contributed by atoms with Gasteiger partial charge < -0.3 is 26.2 Å². The molecule has 1 aliphatic heterocycles. The topological polar surface area (TPSA) is 113 Å². The van der Waals surface area contributed by atoms with Crippen molar-refractivity contribution >= 4 is 17.3 Å². The number of hydrogen-bond donors (Lipinski definition) is 4. The third kappa shape index (κ3) is 5.26. The second kappa shape index (κ2) is 9.43. The van der Waals surface area contributed by atoms with Crippen molar-refractivity contribution in [2.24, 2.45) is 0 Å². The van der Waals surface area contributed by atoms with Crippen LogP contribution in [0.4, 0.5) is 11.4 Å². The molecule has 5 N–H and O–H groups in total. The van der Waals surface area contributed by atoms with Crippen molar-refractivity contribution in [1.82, 2.24) is 15.2 Å². The fourth-order valence-corrected chi connectivity index (χ4v) is 4.03. The minimum atomic E-state index is -1.26. The molecule has 2 heterocycles. The minimum Gasteiger partial charge on any atom is -0.476 e. The van der Waals surface area contributed by atoms with Crippen LogP contribution in [0.15, 0.2) is 12.3 Å². The number of nitrogens with one attached hydrogen (secondary N) is 2. The Morgan fingerprint density at radius 2 is 2.07 bits per heavy atom. The van der Waals surface area contributed by atoms with E-state index in [0.717, 1.165) is 25.3 Å². The number of ether oxygens (including phenoxy) is 1. The minimum absolute atomic E-state index is 0.149. The molecule has 1 saturated carbocycles. The van der Waals surface area contributed by atoms with Crippen molar-refractivity contribution in [2.45, 2.75) is 56.6 Å². The van der Waals surface area contributed by atoms with Crippen LogP contribution in [0.5, 0.6) is 5.88 Å². The Morgan fingerprint density at radius 1 is 1.36 bits per heavy atom. The molecule has 2 fully saturated rings. The van der Waals surface area contributed by atoms with Gasteiger partial charge in [0.15, 0.2) is 0 Å². The van der Waals surface area contributed by atoms with Gasteiger partial charge in [0.05, 0.1) is 17.6 Å². The van der Waals surface area contributed by atoms with E-state index in [1.807, 2.05) is 6.07 Å². The summed E-state index contributed by atoms with van der Waals surface area (Å²) in [4.78, 5) is 18.5. The predicted molar refractivity (Wildman–Crippen MR) is 109 cm³/mol. The van der Waals surface area contributed by atoms with E-state index in [-0.39, 0.29) is 11.9 Å². The second-order valence-corrected chi connectivity index (χ2v) is 7.89. The van der Waals surface area contributed by atoms with Crippen molar-refractivity contribution < 1.29 is 14.6 Å². The molecule has 1 aromatic rings. The summed E-state index contributed by atoms with van der Waals surface area (Å²) in [5.74, 6) is 0.255. The molecule has 0 unspecified atom stereocenters. The Balaban J connectivity index is 1.50. The van der Waals surface area contributed by atoms with Gasteiger partial charge in [0.2, 0.25) is 5.88 Å². The summed E-state index contributed by atoms with van der Waals surface area (Å²) < 4.78 is 5.83. The van der Waals surface area contributed by atoms with Gasteiger partial charge in [-0.1, -0.05) is 6.42 Å². The largest absolute Gasteiger partial charge is 0.476 e. The van der Waals surface area contributed by atoms with E-state index in [1.54, 1.807) is 13.2 Å². The summed E-state index contributed by atoms with van der Waals surface area (Å²) in [6.07, 6.45) is 7.71. The molecule has 0 bridgehead atoms. The van der Waals surface area contributed by atoms with Gasteiger partial charge in [0, 0.05) is 25.7 Å². The van der Waals surface area contributed by atoms with Gasteiger partial charge in [0.1, 0.15) is 12.2 Å². The number of aliphatic hydroxyl groups is 1. The number of anilines is 2. The number of pyridine rings is 1. The molecule has 0 radical (unpaired) electrons. The molecule has 156 valence electrons. The summed E-state index contributed by atoms with van der Waals surface area (Å²) in [7, 11) is 1.55. The van der Waals surface area contributed by atoms with Crippen LogP contribution in [-0.4, -0.2) is 65.8 Å². The van der Waals surface area contributed by atoms with Crippen LogP contribution in [0.3, 0.4) is 0 Å². The van der Waals surface area contributed by atoms with Crippen LogP contribution in [0.25, 0.3) is 0 Å².